The zero-order valence-electron chi connectivity index (χ0n) is 19.8. The first-order valence-electron chi connectivity index (χ1n) is 11.9. The maximum Gasteiger partial charge on any atom is 0.335 e. The highest BCUT2D eigenvalue weighted by Crippen LogP contribution is 2.38. The van der Waals surface area contributed by atoms with Crippen LogP contribution in [-0.2, 0) is 0 Å². The molecule has 8 heteroatoms. The summed E-state index contributed by atoms with van der Waals surface area (Å²) < 4.78 is 0. The van der Waals surface area contributed by atoms with Crippen LogP contribution in [0.4, 0.5) is 17.1 Å². The number of carbonyl (C=O) groups is 4. The van der Waals surface area contributed by atoms with Crippen LogP contribution in [0.5, 0.6) is 0 Å². The van der Waals surface area contributed by atoms with Gasteiger partial charge < -0.3 is 15.3 Å². The molecular weight excluding hydrogens is 458 g/mol. The molecule has 1 fully saturated rings. The first kappa shape index (κ1) is 23.3. The molecule has 3 aromatic carbocycles. The van der Waals surface area contributed by atoms with E-state index in [1.807, 2.05) is 19.1 Å². The van der Waals surface area contributed by atoms with E-state index in [0.29, 0.717) is 22.6 Å². The van der Waals surface area contributed by atoms with E-state index in [2.05, 4.69) is 10.2 Å². The van der Waals surface area contributed by atoms with Gasteiger partial charge in [-0.1, -0.05) is 17.7 Å². The minimum absolute atomic E-state index is 0.0407. The lowest BCUT2D eigenvalue weighted by Crippen LogP contribution is -2.35. The monoisotopic (exact) mass is 483 g/mol. The zero-order valence-corrected chi connectivity index (χ0v) is 19.8. The van der Waals surface area contributed by atoms with Gasteiger partial charge in [0.05, 0.1) is 28.1 Å². The molecule has 5 rings (SSSR count). The van der Waals surface area contributed by atoms with E-state index in [1.54, 1.807) is 30.3 Å². The average Bonchev–Trinajstić information content (AvgIpc) is 3.14. The zero-order chi connectivity index (χ0) is 25.4. The molecule has 0 atom stereocenters. The van der Waals surface area contributed by atoms with Gasteiger partial charge in [0.2, 0.25) is 0 Å². The van der Waals surface area contributed by atoms with Crippen molar-refractivity contribution in [3.63, 3.8) is 0 Å². The number of aromatic carboxylic acids is 1. The number of aryl methyl sites for hydroxylation is 1. The number of benzene rings is 3. The van der Waals surface area contributed by atoms with Crippen molar-refractivity contribution in [2.75, 3.05) is 28.2 Å². The van der Waals surface area contributed by atoms with Gasteiger partial charge in [0.15, 0.2) is 0 Å². The van der Waals surface area contributed by atoms with Crippen molar-refractivity contribution in [1.29, 1.82) is 0 Å². The molecule has 2 N–H and O–H groups in total. The molecule has 0 saturated carbocycles. The van der Waals surface area contributed by atoms with E-state index in [9.17, 15) is 24.3 Å². The number of carbonyl (C=O) groups excluding carboxylic acids is 3. The Balaban J connectivity index is 1.55. The fraction of sp³-hybridized carbons (Fsp3) is 0.214. The summed E-state index contributed by atoms with van der Waals surface area (Å²) in [6, 6.07) is 16.3. The van der Waals surface area contributed by atoms with Gasteiger partial charge >= 0.3 is 5.97 Å². The predicted molar refractivity (Wildman–Crippen MR) is 136 cm³/mol. The summed E-state index contributed by atoms with van der Waals surface area (Å²) in [4.78, 5) is 54.5. The molecular formula is C28H25N3O5. The molecule has 3 amide bonds. The van der Waals surface area contributed by atoms with Crippen LogP contribution in [0.25, 0.3) is 0 Å². The van der Waals surface area contributed by atoms with Crippen LogP contribution in [0.2, 0.25) is 0 Å². The van der Waals surface area contributed by atoms with Crippen molar-refractivity contribution in [1.82, 2.24) is 0 Å². The normalized spacial score (nSPS) is 15.1. The van der Waals surface area contributed by atoms with Crippen LogP contribution >= 0.6 is 0 Å². The molecule has 8 nitrogen and oxygen atoms in total. The second-order valence-electron chi connectivity index (χ2n) is 9.08. The van der Waals surface area contributed by atoms with E-state index < -0.39 is 17.8 Å². The summed E-state index contributed by atoms with van der Waals surface area (Å²) in [6.45, 7) is 3.50. The van der Waals surface area contributed by atoms with Crippen LogP contribution in [0, 0.1) is 6.92 Å². The van der Waals surface area contributed by atoms with E-state index in [1.165, 1.54) is 18.2 Å². The van der Waals surface area contributed by atoms with Crippen molar-refractivity contribution in [2.24, 2.45) is 0 Å². The number of imide groups is 1. The smallest absolute Gasteiger partial charge is 0.335 e. The number of hydrogen-bond acceptors (Lipinski definition) is 5. The molecule has 1 saturated heterocycles. The van der Waals surface area contributed by atoms with Crippen molar-refractivity contribution in [2.45, 2.75) is 26.2 Å². The highest BCUT2D eigenvalue weighted by Gasteiger charge is 2.39. The van der Waals surface area contributed by atoms with Crippen LogP contribution in [-0.4, -0.2) is 41.9 Å². The lowest BCUT2D eigenvalue weighted by Gasteiger charge is -2.32. The summed E-state index contributed by atoms with van der Waals surface area (Å²) in [6.07, 6.45) is 3.08. The number of anilines is 3. The molecule has 0 radical (unpaired) electrons. The van der Waals surface area contributed by atoms with Gasteiger partial charge in [-0.05, 0) is 74.7 Å². The second-order valence-corrected chi connectivity index (χ2v) is 9.08. The standard InChI is InChI=1S/C28H25N3O5/c1-17-5-9-20(10-6-17)29-25(32)18-8-12-23(30-13-3-2-4-14-30)24(16-18)31-26(33)21-11-7-19(28(35)36)15-22(21)27(31)34/h5-12,15-16H,2-4,13-14H2,1H3,(H,29,32)(H,35,36). The molecule has 182 valence electrons. The third kappa shape index (κ3) is 4.22. The molecule has 3 aromatic rings. The summed E-state index contributed by atoms with van der Waals surface area (Å²) in [5.41, 5.74) is 3.12. The van der Waals surface area contributed by atoms with Crippen molar-refractivity contribution in [3.8, 4) is 0 Å². The molecule has 0 aromatic heterocycles. The third-order valence-electron chi connectivity index (χ3n) is 6.62. The van der Waals surface area contributed by atoms with E-state index in [-0.39, 0.29) is 22.6 Å². The number of rotatable bonds is 5. The molecule has 0 spiro atoms. The Kier molecular flexibility index (Phi) is 6.01. The summed E-state index contributed by atoms with van der Waals surface area (Å²) in [5, 5.41) is 12.2. The van der Waals surface area contributed by atoms with Gasteiger partial charge in [-0.25, -0.2) is 9.69 Å². The lowest BCUT2D eigenvalue weighted by molar-refractivity contribution is 0.0696. The Bertz CT molecular complexity index is 1390. The van der Waals surface area contributed by atoms with Gasteiger partial charge in [-0.2, -0.15) is 0 Å². The van der Waals surface area contributed by atoms with Gasteiger partial charge in [0, 0.05) is 24.3 Å². The van der Waals surface area contributed by atoms with E-state index in [0.717, 1.165) is 42.8 Å². The number of carboxylic acids is 1. The predicted octanol–water partition coefficient (Wildman–Crippen LogP) is 4.74. The first-order chi connectivity index (χ1) is 17.3. The van der Waals surface area contributed by atoms with Crippen LogP contribution in [0.1, 0.15) is 66.3 Å². The van der Waals surface area contributed by atoms with Crippen LogP contribution in [0.15, 0.2) is 60.7 Å². The number of nitrogens with zero attached hydrogens (tertiary/aromatic N) is 2. The Labute approximate surface area is 208 Å². The minimum Gasteiger partial charge on any atom is -0.478 e. The molecule has 2 aliphatic rings. The van der Waals surface area contributed by atoms with Crippen molar-refractivity contribution >= 4 is 40.8 Å². The summed E-state index contributed by atoms with van der Waals surface area (Å²) in [5.74, 6) is -2.69. The highest BCUT2D eigenvalue weighted by molar-refractivity contribution is 6.35. The molecule has 0 aliphatic carbocycles. The summed E-state index contributed by atoms with van der Waals surface area (Å²) >= 11 is 0. The van der Waals surface area contributed by atoms with Crippen LogP contribution in [0.3, 0.4) is 0 Å². The maximum absolute atomic E-state index is 13.4. The Morgan fingerprint density at radius 1 is 0.778 bits per heavy atom. The number of amides is 3. The van der Waals surface area contributed by atoms with E-state index in [4.69, 9.17) is 0 Å². The van der Waals surface area contributed by atoms with Gasteiger partial charge in [0.1, 0.15) is 0 Å². The topological polar surface area (TPSA) is 107 Å². The largest absolute Gasteiger partial charge is 0.478 e. The molecule has 2 aliphatic heterocycles. The maximum atomic E-state index is 13.4. The number of piperidine rings is 1. The number of carboxylic acid groups (broad SMARTS) is 1. The van der Waals surface area contributed by atoms with Gasteiger partial charge in [-0.15, -0.1) is 0 Å². The SMILES string of the molecule is Cc1ccc(NC(=O)c2ccc(N3CCCCC3)c(N3C(=O)c4ccc(C(=O)O)cc4C3=O)c2)cc1. The average molecular weight is 484 g/mol. The third-order valence-corrected chi connectivity index (χ3v) is 6.62. The second kappa shape index (κ2) is 9.30. The Hall–Kier alpha value is -4.46. The van der Waals surface area contributed by atoms with Crippen molar-refractivity contribution in [3.05, 3.63) is 88.5 Å². The molecule has 0 bridgehead atoms. The first-order valence-corrected chi connectivity index (χ1v) is 11.9. The number of hydrogen-bond donors (Lipinski definition) is 2. The van der Waals surface area contributed by atoms with E-state index >= 15 is 0 Å². The summed E-state index contributed by atoms with van der Waals surface area (Å²) in [7, 11) is 0. The number of fused-ring (bicyclic) bond motifs is 1. The Morgan fingerprint density at radius 2 is 1.44 bits per heavy atom. The highest BCUT2D eigenvalue weighted by atomic mass is 16.4. The van der Waals surface area contributed by atoms with Gasteiger partial charge in [0.25, 0.3) is 17.7 Å². The van der Waals surface area contributed by atoms with Gasteiger partial charge in [-0.3, -0.25) is 14.4 Å². The lowest BCUT2D eigenvalue weighted by atomic mass is 10.1. The molecule has 36 heavy (non-hydrogen) atoms. The quantitative estimate of drug-likeness (QED) is 0.508. The fourth-order valence-corrected chi connectivity index (χ4v) is 4.68. The van der Waals surface area contributed by atoms with Crippen molar-refractivity contribution < 1.29 is 24.3 Å². The Morgan fingerprint density at radius 3 is 2.14 bits per heavy atom. The molecule has 2 heterocycles. The fourth-order valence-electron chi connectivity index (χ4n) is 4.68. The molecule has 0 unspecified atom stereocenters. The van der Waals surface area contributed by atoms with Crippen LogP contribution < -0.4 is 15.1 Å². The minimum atomic E-state index is -1.18. The number of nitrogens with one attached hydrogen (secondary N) is 1.